The molecule has 154 valence electrons. The Bertz CT molecular complexity index is 782. The molecule has 1 saturated heterocycles. The van der Waals surface area contributed by atoms with Crippen LogP contribution in [-0.4, -0.2) is 49.5 Å². The van der Waals surface area contributed by atoms with E-state index >= 15 is 0 Å². The Morgan fingerprint density at radius 2 is 1.76 bits per heavy atom. The highest BCUT2D eigenvalue weighted by atomic mass is 16.5. The topological polar surface area (TPSA) is 70.7 Å². The number of hydrogen-bond donors (Lipinski definition) is 2. The SMILES string of the molecule is C[C@H](NC(=O)C(=O)NCCCN1CCO[C@@H](c2ccccc2)C1)c1ccccc1. The number of ether oxygens (including phenoxy) is 1. The maximum Gasteiger partial charge on any atom is 0.309 e. The first kappa shape index (κ1) is 21.0. The number of benzene rings is 2. The largest absolute Gasteiger partial charge is 0.371 e. The van der Waals surface area contributed by atoms with Crippen LogP contribution in [0.1, 0.15) is 36.6 Å². The lowest BCUT2D eigenvalue weighted by molar-refractivity contribution is -0.139. The van der Waals surface area contributed by atoms with Gasteiger partial charge in [0.1, 0.15) is 0 Å². The van der Waals surface area contributed by atoms with Crippen LogP contribution in [0.2, 0.25) is 0 Å². The fourth-order valence-electron chi connectivity index (χ4n) is 3.45. The Balaban J connectivity index is 1.35. The number of rotatable bonds is 7. The molecular formula is C23H29N3O3. The summed E-state index contributed by atoms with van der Waals surface area (Å²) in [5.41, 5.74) is 2.16. The lowest BCUT2D eigenvalue weighted by atomic mass is 10.1. The third-order valence-electron chi connectivity index (χ3n) is 5.11. The van der Waals surface area contributed by atoms with Gasteiger partial charge in [0.05, 0.1) is 18.8 Å². The normalized spacial score (nSPS) is 18.0. The Hall–Kier alpha value is -2.70. The van der Waals surface area contributed by atoms with Crippen molar-refractivity contribution >= 4 is 11.8 Å². The number of nitrogens with zero attached hydrogens (tertiary/aromatic N) is 1. The quantitative estimate of drug-likeness (QED) is 0.558. The van der Waals surface area contributed by atoms with E-state index in [4.69, 9.17) is 4.74 Å². The second-order valence-electron chi connectivity index (χ2n) is 7.29. The Labute approximate surface area is 172 Å². The number of amides is 2. The van der Waals surface area contributed by atoms with E-state index in [1.807, 2.05) is 55.5 Å². The van der Waals surface area contributed by atoms with Crippen molar-refractivity contribution in [3.63, 3.8) is 0 Å². The first-order valence-electron chi connectivity index (χ1n) is 10.2. The van der Waals surface area contributed by atoms with Crippen molar-refractivity contribution in [2.24, 2.45) is 0 Å². The third kappa shape index (κ3) is 6.41. The van der Waals surface area contributed by atoms with Gasteiger partial charge in [-0.3, -0.25) is 14.5 Å². The Morgan fingerprint density at radius 1 is 1.07 bits per heavy atom. The number of hydrogen-bond acceptors (Lipinski definition) is 4. The van der Waals surface area contributed by atoms with E-state index in [-0.39, 0.29) is 12.1 Å². The van der Waals surface area contributed by atoms with Crippen LogP contribution in [0, 0.1) is 0 Å². The summed E-state index contributed by atoms with van der Waals surface area (Å²) >= 11 is 0. The molecule has 3 rings (SSSR count). The molecule has 2 aromatic rings. The smallest absolute Gasteiger partial charge is 0.309 e. The maximum atomic E-state index is 12.1. The number of nitrogens with one attached hydrogen (secondary N) is 2. The molecular weight excluding hydrogens is 366 g/mol. The molecule has 0 aromatic heterocycles. The highest BCUT2D eigenvalue weighted by Gasteiger charge is 2.21. The second-order valence-corrected chi connectivity index (χ2v) is 7.29. The van der Waals surface area contributed by atoms with Gasteiger partial charge in [-0.25, -0.2) is 0 Å². The van der Waals surface area contributed by atoms with Gasteiger partial charge in [-0.15, -0.1) is 0 Å². The minimum atomic E-state index is -0.600. The molecule has 0 bridgehead atoms. The summed E-state index contributed by atoms with van der Waals surface area (Å²) in [6.45, 7) is 5.61. The van der Waals surface area contributed by atoms with Crippen molar-refractivity contribution in [1.82, 2.24) is 15.5 Å². The second kappa shape index (κ2) is 10.7. The molecule has 0 aliphatic carbocycles. The van der Waals surface area contributed by atoms with E-state index in [2.05, 4.69) is 27.7 Å². The van der Waals surface area contributed by atoms with Crippen LogP contribution in [0.15, 0.2) is 60.7 Å². The molecule has 6 heteroatoms. The molecule has 1 aliphatic heterocycles. The van der Waals surface area contributed by atoms with Gasteiger partial charge in [0, 0.05) is 26.2 Å². The zero-order chi connectivity index (χ0) is 20.5. The van der Waals surface area contributed by atoms with Crippen LogP contribution in [0.25, 0.3) is 0 Å². The summed E-state index contributed by atoms with van der Waals surface area (Å²) in [5, 5.41) is 5.45. The van der Waals surface area contributed by atoms with Crippen molar-refractivity contribution in [3.05, 3.63) is 71.8 Å². The predicted octanol–water partition coefficient (Wildman–Crippen LogP) is 2.44. The molecule has 2 amide bonds. The summed E-state index contributed by atoms with van der Waals surface area (Å²) in [5.74, 6) is -1.19. The average molecular weight is 396 g/mol. The molecule has 1 heterocycles. The highest BCUT2D eigenvalue weighted by molar-refractivity contribution is 6.35. The summed E-state index contributed by atoms with van der Waals surface area (Å²) in [6, 6.07) is 19.6. The van der Waals surface area contributed by atoms with E-state index in [1.165, 1.54) is 5.56 Å². The van der Waals surface area contributed by atoms with Gasteiger partial charge in [0.2, 0.25) is 0 Å². The van der Waals surface area contributed by atoms with E-state index in [0.29, 0.717) is 13.2 Å². The van der Waals surface area contributed by atoms with Crippen molar-refractivity contribution in [3.8, 4) is 0 Å². The van der Waals surface area contributed by atoms with Gasteiger partial charge in [-0.2, -0.15) is 0 Å². The zero-order valence-corrected chi connectivity index (χ0v) is 16.8. The molecule has 0 saturated carbocycles. The molecule has 2 atom stereocenters. The standard InChI is InChI=1S/C23H29N3O3/c1-18(19-9-4-2-5-10-19)25-23(28)22(27)24-13-8-14-26-15-16-29-21(17-26)20-11-6-3-7-12-20/h2-7,9-12,18,21H,8,13-17H2,1H3,(H,24,27)(H,25,28)/t18-,21+/m0/s1. The van der Waals surface area contributed by atoms with Crippen molar-refractivity contribution in [1.29, 1.82) is 0 Å². The van der Waals surface area contributed by atoms with Gasteiger partial charge < -0.3 is 15.4 Å². The number of morpholine rings is 1. The lowest BCUT2D eigenvalue weighted by Gasteiger charge is -2.33. The van der Waals surface area contributed by atoms with Gasteiger partial charge >= 0.3 is 11.8 Å². The minimum absolute atomic E-state index is 0.0878. The van der Waals surface area contributed by atoms with E-state index in [0.717, 1.165) is 31.6 Å². The zero-order valence-electron chi connectivity index (χ0n) is 16.8. The van der Waals surface area contributed by atoms with E-state index in [9.17, 15) is 9.59 Å². The number of carbonyl (C=O) groups is 2. The fraction of sp³-hybridized carbons (Fsp3) is 0.391. The molecule has 1 fully saturated rings. The van der Waals surface area contributed by atoms with Crippen LogP contribution in [0.4, 0.5) is 0 Å². The van der Waals surface area contributed by atoms with Crippen LogP contribution >= 0.6 is 0 Å². The van der Waals surface area contributed by atoms with Crippen molar-refractivity contribution < 1.29 is 14.3 Å². The Kier molecular flexibility index (Phi) is 7.78. The molecule has 1 aliphatic rings. The summed E-state index contributed by atoms with van der Waals surface area (Å²) in [4.78, 5) is 26.5. The van der Waals surface area contributed by atoms with Gasteiger partial charge in [0.25, 0.3) is 0 Å². The Morgan fingerprint density at radius 3 is 2.48 bits per heavy atom. The van der Waals surface area contributed by atoms with Gasteiger partial charge in [-0.1, -0.05) is 60.7 Å². The van der Waals surface area contributed by atoms with Crippen molar-refractivity contribution in [2.45, 2.75) is 25.5 Å². The molecule has 0 spiro atoms. The van der Waals surface area contributed by atoms with E-state index < -0.39 is 11.8 Å². The molecule has 29 heavy (non-hydrogen) atoms. The average Bonchev–Trinajstić information content (AvgIpc) is 2.78. The summed E-state index contributed by atoms with van der Waals surface area (Å²) < 4.78 is 5.88. The maximum absolute atomic E-state index is 12.1. The van der Waals surface area contributed by atoms with Gasteiger partial charge in [-0.05, 0) is 24.5 Å². The number of carbonyl (C=O) groups excluding carboxylic acids is 2. The molecule has 0 radical (unpaired) electrons. The fourth-order valence-corrected chi connectivity index (χ4v) is 3.45. The lowest BCUT2D eigenvalue weighted by Crippen LogP contribution is -2.43. The molecule has 0 unspecified atom stereocenters. The first-order chi connectivity index (χ1) is 14.1. The molecule has 6 nitrogen and oxygen atoms in total. The van der Waals surface area contributed by atoms with Crippen LogP contribution < -0.4 is 10.6 Å². The van der Waals surface area contributed by atoms with Gasteiger partial charge in [0.15, 0.2) is 0 Å². The summed E-state index contributed by atoms with van der Waals surface area (Å²) in [6.07, 6.45) is 0.874. The van der Waals surface area contributed by atoms with Crippen LogP contribution in [-0.2, 0) is 14.3 Å². The first-order valence-corrected chi connectivity index (χ1v) is 10.2. The summed E-state index contributed by atoms with van der Waals surface area (Å²) in [7, 11) is 0. The van der Waals surface area contributed by atoms with Crippen LogP contribution in [0.5, 0.6) is 0 Å². The third-order valence-corrected chi connectivity index (χ3v) is 5.11. The van der Waals surface area contributed by atoms with Crippen LogP contribution in [0.3, 0.4) is 0 Å². The predicted molar refractivity (Wildman–Crippen MR) is 112 cm³/mol. The van der Waals surface area contributed by atoms with Crippen molar-refractivity contribution in [2.75, 3.05) is 32.8 Å². The minimum Gasteiger partial charge on any atom is -0.371 e. The molecule has 2 N–H and O–H groups in total. The van der Waals surface area contributed by atoms with E-state index in [1.54, 1.807) is 0 Å². The highest BCUT2D eigenvalue weighted by Crippen LogP contribution is 2.21. The molecule has 2 aromatic carbocycles. The monoisotopic (exact) mass is 395 g/mol.